The van der Waals surface area contributed by atoms with E-state index in [9.17, 15) is 26.7 Å². The molecule has 3 rings (SSSR count). The van der Waals surface area contributed by atoms with Crippen molar-refractivity contribution in [2.75, 3.05) is 0 Å². The van der Waals surface area contributed by atoms with Gasteiger partial charge in [-0.25, -0.2) is 8.78 Å². The molecule has 0 spiro atoms. The molecule has 156 valence electrons. The van der Waals surface area contributed by atoms with Crippen LogP contribution in [0.25, 0.3) is 10.1 Å². The molecular formula is C19H16F5NO3S. The predicted molar refractivity (Wildman–Crippen MR) is 97.6 cm³/mol. The van der Waals surface area contributed by atoms with E-state index in [-0.39, 0.29) is 46.7 Å². The molecule has 0 aliphatic carbocycles. The van der Waals surface area contributed by atoms with Crippen molar-refractivity contribution in [2.45, 2.75) is 32.6 Å². The molecule has 0 saturated heterocycles. The number of carbonyl (C=O) groups is 1. The lowest BCUT2D eigenvalue weighted by Gasteiger charge is -2.11. The number of aliphatic carboxylic acids is 1. The molecule has 2 aromatic heterocycles. The third-order valence-corrected chi connectivity index (χ3v) is 5.64. The predicted octanol–water partition coefficient (Wildman–Crippen LogP) is 5.71. The molecule has 10 heteroatoms. The highest BCUT2D eigenvalue weighted by atomic mass is 32.1. The summed E-state index contributed by atoms with van der Waals surface area (Å²) in [5, 5.41) is 10.6. The Morgan fingerprint density at radius 1 is 1.28 bits per heavy atom. The zero-order valence-electron chi connectivity index (χ0n) is 15.3. The summed E-state index contributed by atoms with van der Waals surface area (Å²) >= 11 is 1.11. The van der Waals surface area contributed by atoms with E-state index in [4.69, 9.17) is 9.84 Å². The quantitative estimate of drug-likeness (QED) is 0.507. The molecule has 0 atom stereocenters. The van der Waals surface area contributed by atoms with E-state index in [0.29, 0.717) is 4.70 Å². The van der Waals surface area contributed by atoms with Crippen molar-refractivity contribution in [2.24, 2.45) is 7.05 Å². The van der Waals surface area contributed by atoms with Crippen molar-refractivity contribution in [3.05, 3.63) is 51.7 Å². The second-order valence-electron chi connectivity index (χ2n) is 6.50. The van der Waals surface area contributed by atoms with Gasteiger partial charge in [-0.3, -0.25) is 4.79 Å². The summed E-state index contributed by atoms with van der Waals surface area (Å²) in [6.07, 6.45) is -7.75. The number of carboxylic acids is 1. The normalized spacial score (nSPS) is 12.1. The molecule has 2 heterocycles. The molecule has 1 N–H and O–H groups in total. The van der Waals surface area contributed by atoms with Crippen LogP contribution in [0.2, 0.25) is 0 Å². The summed E-state index contributed by atoms with van der Waals surface area (Å²) in [4.78, 5) is 11.0. The van der Waals surface area contributed by atoms with Gasteiger partial charge in [-0.05, 0) is 36.1 Å². The number of halogens is 5. The summed E-state index contributed by atoms with van der Waals surface area (Å²) in [6.45, 7) is 1.10. The molecule has 0 radical (unpaired) electrons. The molecule has 0 fully saturated rings. The van der Waals surface area contributed by atoms with Crippen molar-refractivity contribution in [3.63, 3.8) is 0 Å². The van der Waals surface area contributed by atoms with Gasteiger partial charge >= 0.3 is 12.1 Å². The lowest BCUT2D eigenvalue weighted by Crippen LogP contribution is -2.06. The van der Waals surface area contributed by atoms with Crippen molar-refractivity contribution in [3.8, 4) is 5.75 Å². The van der Waals surface area contributed by atoms with Crippen molar-refractivity contribution in [1.82, 2.24) is 4.57 Å². The smallest absolute Gasteiger partial charge is 0.418 e. The Hall–Kier alpha value is -2.62. The van der Waals surface area contributed by atoms with Crippen LogP contribution in [0.3, 0.4) is 0 Å². The van der Waals surface area contributed by atoms with Gasteiger partial charge in [0.2, 0.25) is 0 Å². The van der Waals surface area contributed by atoms with E-state index < -0.39 is 24.1 Å². The summed E-state index contributed by atoms with van der Waals surface area (Å²) in [5.74, 6) is -1.06. The Morgan fingerprint density at radius 3 is 2.52 bits per heavy atom. The van der Waals surface area contributed by atoms with Crippen LogP contribution in [-0.2, 0) is 31.0 Å². The van der Waals surface area contributed by atoms with Gasteiger partial charge < -0.3 is 14.4 Å². The first kappa shape index (κ1) is 21.1. The molecule has 1 aromatic carbocycles. The fraction of sp³-hybridized carbons (Fsp3) is 0.316. The Bertz CT molecular complexity index is 1070. The highest BCUT2D eigenvalue weighted by Gasteiger charge is 2.35. The maximum absolute atomic E-state index is 13.6. The van der Waals surface area contributed by atoms with Crippen LogP contribution in [0.5, 0.6) is 5.75 Å². The number of alkyl halides is 5. The van der Waals surface area contributed by atoms with Gasteiger partial charge in [-0.2, -0.15) is 13.2 Å². The second kappa shape index (κ2) is 7.66. The number of fused-ring (bicyclic) bond motifs is 1. The van der Waals surface area contributed by atoms with Gasteiger partial charge in [0.25, 0.3) is 6.43 Å². The van der Waals surface area contributed by atoms with Gasteiger partial charge in [0, 0.05) is 28.4 Å². The van der Waals surface area contributed by atoms with E-state index in [1.807, 2.05) is 0 Å². The molecule has 0 amide bonds. The van der Waals surface area contributed by atoms with Crippen molar-refractivity contribution >= 4 is 27.4 Å². The largest absolute Gasteiger partial charge is 0.487 e. The summed E-state index contributed by atoms with van der Waals surface area (Å²) in [6, 6.07) is 3.56. The zero-order chi connectivity index (χ0) is 21.5. The van der Waals surface area contributed by atoms with Gasteiger partial charge in [0.15, 0.2) is 0 Å². The Labute approximate surface area is 166 Å². The standard InChI is InChI=1S/C19H16F5NO3S/c1-9-14(19(22,23)24)4-11(25(9)2)7-28-12-5-13(18(20)21)17-10(3-16(26)27)8-29-15(17)6-12/h4-6,8,18H,3,7H2,1-2H3,(H,26,27). The maximum atomic E-state index is 13.6. The summed E-state index contributed by atoms with van der Waals surface area (Å²) in [7, 11) is 1.47. The number of thiophene rings is 1. The molecule has 4 nitrogen and oxygen atoms in total. The number of hydrogen-bond acceptors (Lipinski definition) is 3. The lowest BCUT2D eigenvalue weighted by molar-refractivity contribution is -0.138. The van der Waals surface area contributed by atoms with Gasteiger partial charge in [-0.1, -0.05) is 0 Å². The fourth-order valence-corrected chi connectivity index (χ4v) is 4.16. The Morgan fingerprint density at radius 2 is 1.97 bits per heavy atom. The second-order valence-corrected chi connectivity index (χ2v) is 7.41. The minimum absolute atomic E-state index is 0.0244. The number of benzene rings is 1. The van der Waals surface area contributed by atoms with Gasteiger partial charge in [0.1, 0.15) is 12.4 Å². The van der Waals surface area contributed by atoms with E-state index >= 15 is 0 Å². The minimum Gasteiger partial charge on any atom is -0.487 e. The fourth-order valence-electron chi connectivity index (χ4n) is 3.14. The first-order valence-corrected chi connectivity index (χ1v) is 9.26. The van der Waals surface area contributed by atoms with Crippen LogP contribution in [-0.4, -0.2) is 15.6 Å². The van der Waals surface area contributed by atoms with E-state index in [1.54, 1.807) is 0 Å². The van der Waals surface area contributed by atoms with E-state index in [0.717, 1.165) is 23.5 Å². The van der Waals surface area contributed by atoms with Crippen LogP contribution in [0.15, 0.2) is 23.6 Å². The summed E-state index contributed by atoms with van der Waals surface area (Å²) < 4.78 is 73.5. The third kappa shape index (κ3) is 4.21. The summed E-state index contributed by atoms with van der Waals surface area (Å²) in [5.41, 5.74) is -0.595. The Balaban J connectivity index is 1.93. The minimum atomic E-state index is -4.50. The average molecular weight is 433 g/mol. The number of rotatable bonds is 6. The maximum Gasteiger partial charge on any atom is 0.418 e. The van der Waals surface area contributed by atoms with Crippen molar-refractivity contribution < 1.29 is 36.6 Å². The number of aromatic nitrogens is 1. The van der Waals surface area contributed by atoms with E-state index in [2.05, 4.69) is 0 Å². The molecular weight excluding hydrogens is 417 g/mol. The number of hydrogen-bond donors (Lipinski definition) is 1. The van der Waals surface area contributed by atoms with Crippen LogP contribution < -0.4 is 4.74 Å². The molecule has 0 unspecified atom stereocenters. The molecule has 0 saturated carbocycles. The van der Waals surface area contributed by atoms with Crippen LogP contribution in [0.1, 0.15) is 34.5 Å². The molecule has 29 heavy (non-hydrogen) atoms. The first-order chi connectivity index (χ1) is 13.5. The molecule has 0 bridgehead atoms. The highest BCUT2D eigenvalue weighted by Crippen LogP contribution is 2.38. The van der Waals surface area contributed by atoms with Gasteiger partial charge in [-0.15, -0.1) is 11.3 Å². The topological polar surface area (TPSA) is 51.5 Å². The third-order valence-electron chi connectivity index (χ3n) is 4.66. The van der Waals surface area contributed by atoms with Crippen LogP contribution >= 0.6 is 11.3 Å². The van der Waals surface area contributed by atoms with Crippen LogP contribution in [0, 0.1) is 6.92 Å². The van der Waals surface area contributed by atoms with Gasteiger partial charge in [0.05, 0.1) is 17.7 Å². The average Bonchev–Trinajstić information content (AvgIpc) is 3.13. The molecule has 0 aliphatic heterocycles. The zero-order valence-corrected chi connectivity index (χ0v) is 16.1. The molecule has 3 aromatic rings. The SMILES string of the molecule is Cc1c(C(F)(F)F)cc(COc2cc(C(F)F)c3c(CC(=O)O)csc3c2)n1C. The highest BCUT2D eigenvalue weighted by molar-refractivity contribution is 7.17. The monoisotopic (exact) mass is 433 g/mol. The van der Waals surface area contributed by atoms with E-state index in [1.165, 1.54) is 30.0 Å². The van der Waals surface area contributed by atoms with Crippen LogP contribution in [0.4, 0.5) is 22.0 Å². The number of nitrogens with zero attached hydrogens (tertiary/aromatic N) is 1. The van der Waals surface area contributed by atoms with Crippen molar-refractivity contribution in [1.29, 1.82) is 0 Å². The lowest BCUT2D eigenvalue weighted by atomic mass is 10.0. The molecule has 0 aliphatic rings. The first-order valence-electron chi connectivity index (χ1n) is 8.38. The Kier molecular flexibility index (Phi) is 5.57. The number of ether oxygens (including phenoxy) is 1. The number of carboxylic acid groups (broad SMARTS) is 1.